The molecule has 0 aromatic rings. The molecule has 0 aliphatic rings. The highest BCUT2D eigenvalue weighted by atomic mass is 16.4. The Kier molecular flexibility index (Phi) is 16.4. The van der Waals surface area contributed by atoms with Crippen molar-refractivity contribution >= 4 is 0 Å². The van der Waals surface area contributed by atoms with Crippen LogP contribution >= 0.6 is 0 Å². The van der Waals surface area contributed by atoms with Gasteiger partial charge in [-0.3, -0.25) is 0 Å². The standard InChI is InChI=1S/C8H19NO5.C7H17NO5/c1-9(2)3-5(11)7(13)8(14)6(12)4-10;1-8-2-4(10)6(12)7(13)5(11)3-9/h5-8,10-14H,3-4H2,1-2H3;4-13H,2-3H2,1H3/t5-,6+,7+,8+;4-,5+,6+,7+/m00/s1. The first-order valence-electron chi connectivity index (χ1n) is 8.40. The van der Waals surface area contributed by atoms with Crippen LogP contribution in [0.3, 0.4) is 0 Å². The number of hydrogen-bond acceptors (Lipinski definition) is 12. The summed E-state index contributed by atoms with van der Waals surface area (Å²) in [6.45, 7) is -1.07. The fraction of sp³-hybridized carbons (Fsp3) is 1.00. The van der Waals surface area contributed by atoms with Crippen LogP contribution in [-0.4, -0.2) is 152 Å². The van der Waals surface area contributed by atoms with Crippen LogP contribution in [0, 0.1) is 0 Å². The van der Waals surface area contributed by atoms with Crippen LogP contribution in [0.1, 0.15) is 0 Å². The Hall–Kier alpha value is -0.480. The fourth-order valence-corrected chi connectivity index (χ4v) is 1.94. The lowest BCUT2D eigenvalue weighted by atomic mass is 10.0. The molecule has 0 amide bonds. The molecular weight excluding hydrogens is 368 g/mol. The molecule has 0 fully saturated rings. The van der Waals surface area contributed by atoms with E-state index in [9.17, 15) is 20.4 Å². The van der Waals surface area contributed by atoms with E-state index >= 15 is 0 Å². The summed E-state index contributed by atoms with van der Waals surface area (Å²) in [5.41, 5.74) is 0. The molecule has 0 bridgehead atoms. The van der Waals surface area contributed by atoms with Gasteiger partial charge < -0.3 is 61.3 Å². The van der Waals surface area contributed by atoms with Crippen LogP contribution in [0.25, 0.3) is 0 Å². The maximum absolute atomic E-state index is 9.36. The lowest BCUT2D eigenvalue weighted by molar-refractivity contribution is -0.117. The lowest BCUT2D eigenvalue weighted by Crippen LogP contribution is -2.48. The van der Waals surface area contributed by atoms with Crippen LogP contribution in [0.4, 0.5) is 0 Å². The van der Waals surface area contributed by atoms with Crippen LogP contribution in [0.2, 0.25) is 0 Å². The van der Waals surface area contributed by atoms with E-state index in [4.69, 9.17) is 30.6 Å². The first-order valence-corrected chi connectivity index (χ1v) is 8.40. The van der Waals surface area contributed by atoms with Crippen molar-refractivity contribution in [3.63, 3.8) is 0 Å². The summed E-state index contributed by atoms with van der Waals surface area (Å²) in [6.07, 6.45) is -11.3. The molecule has 12 nitrogen and oxygen atoms in total. The average Bonchev–Trinajstić information content (AvgIpc) is 2.64. The van der Waals surface area contributed by atoms with Gasteiger partial charge in [-0.1, -0.05) is 0 Å². The molecule has 0 aliphatic heterocycles. The zero-order valence-electron chi connectivity index (χ0n) is 15.9. The van der Waals surface area contributed by atoms with Gasteiger partial charge in [0.1, 0.15) is 36.6 Å². The van der Waals surface area contributed by atoms with Gasteiger partial charge in [-0.25, -0.2) is 0 Å². The van der Waals surface area contributed by atoms with E-state index in [1.807, 2.05) is 0 Å². The van der Waals surface area contributed by atoms with Gasteiger partial charge in [0.05, 0.1) is 25.4 Å². The third kappa shape index (κ3) is 11.8. The molecule has 0 spiro atoms. The Morgan fingerprint density at radius 2 is 0.963 bits per heavy atom. The molecule has 0 unspecified atom stereocenters. The zero-order valence-corrected chi connectivity index (χ0v) is 15.9. The monoisotopic (exact) mass is 404 g/mol. The molecule has 27 heavy (non-hydrogen) atoms. The third-order valence-corrected chi connectivity index (χ3v) is 3.62. The third-order valence-electron chi connectivity index (χ3n) is 3.62. The fourth-order valence-electron chi connectivity index (χ4n) is 1.94. The van der Waals surface area contributed by atoms with E-state index in [1.54, 1.807) is 26.0 Å². The van der Waals surface area contributed by atoms with Gasteiger partial charge in [0.2, 0.25) is 0 Å². The molecule has 0 rings (SSSR count). The second-order valence-electron chi connectivity index (χ2n) is 6.42. The number of likely N-dealkylation sites (N-methyl/N-ethyl adjacent to an activating group) is 2. The number of aliphatic hydroxyl groups is 10. The minimum atomic E-state index is -1.55. The first kappa shape index (κ1) is 28.7. The summed E-state index contributed by atoms with van der Waals surface area (Å²) in [4.78, 5) is 1.63. The zero-order chi connectivity index (χ0) is 21.7. The van der Waals surface area contributed by atoms with Crippen LogP contribution < -0.4 is 5.32 Å². The average molecular weight is 404 g/mol. The van der Waals surface area contributed by atoms with E-state index in [0.717, 1.165) is 0 Å². The molecule has 8 atom stereocenters. The molecule has 11 N–H and O–H groups in total. The molecule has 12 heteroatoms. The van der Waals surface area contributed by atoms with Crippen molar-refractivity contribution < 1.29 is 51.1 Å². The van der Waals surface area contributed by atoms with E-state index < -0.39 is 62.0 Å². The maximum Gasteiger partial charge on any atom is 0.111 e. The van der Waals surface area contributed by atoms with Crippen molar-refractivity contribution in [1.29, 1.82) is 0 Å². The molecule has 0 aliphatic carbocycles. The molecule has 0 heterocycles. The largest absolute Gasteiger partial charge is 0.394 e. The molecule has 0 aromatic carbocycles. The topological polar surface area (TPSA) is 218 Å². The number of rotatable bonds is 12. The second kappa shape index (κ2) is 15.4. The normalized spacial score (nSPS) is 20.7. The number of aliphatic hydroxyl groups excluding tert-OH is 10. The predicted molar refractivity (Wildman–Crippen MR) is 94.7 cm³/mol. The summed E-state index contributed by atoms with van der Waals surface area (Å²) < 4.78 is 0. The highest BCUT2D eigenvalue weighted by molar-refractivity contribution is 4.82. The SMILES string of the molecule is CN(C)C[C@H](O)[C@@H](O)[C@H](O)[C@H](O)CO.CNC[C@H](O)[C@@H](O)[C@H](O)[C@H](O)CO. The van der Waals surface area contributed by atoms with Crippen molar-refractivity contribution in [2.24, 2.45) is 0 Å². The Balaban J connectivity index is 0. The molecule has 0 aromatic heterocycles. The lowest BCUT2D eigenvalue weighted by Gasteiger charge is -2.27. The summed E-state index contributed by atoms with van der Waals surface area (Å²) in [5, 5.41) is 92.9. The van der Waals surface area contributed by atoms with Crippen molar-refractivity contribution in [3.05, 3.63) is 0 Å². The number of nitrogens with zero attached hydrogens (tertiary/aromatic N) is 1. The highest BCUT2D eigenvalue weighted by Gasteiger charge is 2.30. The number of nitrogens with one attached hydrogen (secondary N) is 1. The number of hydrogen-bond donors (Lipinski definition) is 11. The van der Waals surface area contributed by atoms with Gasteiger partial charge in [0.15, 0.2) is 0 Å². The van der Waals surface area contributed by atoms with Crippen LogP contribution in [0.15, 0.2) is 0 Å². The minimum absolute atomic E-state index is 0.0936. The smallest absolute Gasteiger partial charge is 0.111 e. The molecule has 0 radical (unpaired) electrons. The van der Waals surface area contributed by atoms with Gasteiger partial charge >= 0.3 is 0 Å². The van der Waals surface area contributed by atoms with E-state index in [1.165, 1.54) is 0 Å². The van der Waals surface area contributed by atoms with Crippen molar-refractivity contribution in [1.82, 2.24) is 10.2 Å². The Morgan fingerprint density at radius 3 is 1.26 bits per heavy atom. The predicted octanol–water partition coefficient (Wildman–Crippen LogP) is -6.37. The van der Waals surface area contributed by atoms with E-state index in [-0.39, 0.29) is 13.1 Å². The van der Waals surface area contributed by atoms with Gasteiger partial charge in [-0.2, -0.15) is 0 Å². The molecular formula is C15H36N2O10. The van der Waals surface area contributed by atoms with E-state index in [2.05, 4.69) is 5.32 Å². The summed E-state index contributed by atoms with van der Waals surface area (Å²) >= 11 is 0. The van der Waals surface area contributed by atoms with E-state index in [0.29, 0.717) is 0 Å². The van der Waals surface area contributed by atoms with Crippen LogP contribution in [-0.2, 0) is 0 Å². The maximum atomic E-state index is 9.36. The van der Waals surface area contributed by atoms with Gasteiger partial charge in [0.25, 0.3) is 0 Å². The first-order chi connectivity index (χ1) is 12.4. The van der Waals surface area contributed by atoms with Gasteiger partial charge in [-0.15, -0.1) is 0 Å². The van der Waals surface area contributed by atoms with Crippen molar-refractivity contribution in [2.45, 2.75) is 48.8 Å². The van der Waals surface area contributed by atoms with Crippen LogP contribution in [0.5, 0.6) is 0 Å². The Labute approximate surface area is 158 Å². The highest BCUT2D eigenvalue weighted by Crippen LogP contribution is 2.06. The molecule has 0 saturated carbocycles. The summed E-state index contributed by atoms with van der Waals surface area (Å²) in [6, 6.07) is 0. The van der Waals surface area contributed by atoms with Crippen molar-refractivity contribution in [3.8, 4) is 0 Å². The van der Waals surface area contributed by atoms with Gasteiger partial charge in [0, 0.05) is 13.1 Å². The van der Waals surface area contributed by atoms with Gasteiger partial charge in [-0.05, 0) is 21.1 Å². The Morgan fingerprint density at radius 1 is 0.630 bits per heavy atom. The minimum Gasteiger partial charge on any atom is -0.394 e. The quantitative estimate of drug-likeness (QED) is 0.146. The molecule has 166 valence electrons. The summed E-state index contributed by atoms with van der Waals surface area (Å²) in [5.74, 6) is 0. The summed E-state index contributed by atoms with van der Waals surface area (Å²) in [7, 11) is 4.97. The second-order valence-corrected chi connectivity index (χ2v) is 6.42. The Bertz CT molecular complexity index is 353. The molecule has 0 saturated heterocycles. The van der Waals surface area contributed by atoms with Crippen molar-refractivity contribution in [2.75, 3.05) is 47.4 Å².